The second kappa shape index (κ2) is 7.77. The van der Waals surface area contributed by atoms with Crippen LogP contribution in [-0.4, -0.2) is 26.9 Å². The molecule has 0 N–H and O–H groups in total. The predicted octanol–water partition coefficient (Wildman–Crippen LogP) is 5.39. The van der Waals surface area contributed by atoms with E-state index in [4.69, 9.17) is 34.8 Å². The zero-order valence-corrected chi connectivity index (χ0v) is 17.1. The average molecular weight is 432 g/mol. The minimum Gasteiger partial charge on any atom is -0.363 e. The molecule has 0 aromatic heterocycles. The highest BCUT2D eigenvalue weighted by molar-refractivity contribution is 7.89. The third kappa shape index (κ3) is 4.71. The number of piperidine rings is 1. The van der Waals surface area contributed by atoms with Crippen LogP contribution in [0, 0.1) is 0 Å². The second-order valence-corrected chi connectivity index (χ2v) is 9.13. The van der Waals surface area contributed by atoms with Gasteiger partial charge in [0.05, 0.1) is 23.0 Å². The lowest BCUT2D eigenvalue weighted by molar-refractivity contribution is 0.596. The maximum atomic E-state index is 11.6. The van der Waals surface area contributed by atoms with Crippen molar-refractivity contribution in [1.82, 2.24) is 0 Å². The van der Waals surface area contributed by atoms with Gasteiger partial charge in [-0.05, 0) is 35.9 Å². The number of anilines is 1. The lowest BCUT2D eigenvalue weighted by Crippen LogP contribution is -2.37. The van der Waals surface area contributed by atoms with Crippen LogP contribution in [0.1, 0.15) is 24.4 Å². The number of benzene rings is 2. The fourth-order valence-corrected chi connectivity index (χ4v) is 4.42. The minimum atomic E-state index is -3.43. The van der Waals surface area contributed by atoms with E-state index in [0.29, 0.717) is 40.2 Å². The predicted molar refractivity (Wildman–Crippen MR) is 110 cm³/mol. The Morgan fingerprint density at radius 3 is 2.31 bits per heavy atom. The first-order valence-electron chi connectivity index (χ1n) is 7.98. The van der Waals surface area contributed by atoms with Crippen molar-refractivity contribution in [2.75, 3.05) is 17.7 Å². The van der Waals surface area contributed by atoms with E-state index >= 15 is 0 Å². The first-order chi connectivity index (χ1) is 12.2. The SMILES string of the molecule is CS(=O)(=O)/N=C1/CCN(c2ccc(Cl)cc2Cl)C(c2ccc(Cl)cc2)C1. The molecule has 0 spiro atoms. The lowest BCUT2D eigenvalue weighted by Gasteiger charge is -2.39. The molecule has 0 saturated carbocycles. The highest BCUT2D eigenvalue weighted by Gasteiger charge is 2.29. The van der Waals surface area contributed by atoms with Gasteiger partial charge in [0.25, 0.3) is 0 Å². The van der Waals surface area contributed by atoms with Gasteiger partial charge in [0.2, 0.25) is 10.0 Å². The van der Waals surface area contributed by atoms with Crippen LogP contribution >= 0.6 is 34.8 Å². The first-order valence-corrected chi connectivity index (χ1v) is 11.0. The van der Waals surface area contributed by atoms with Crippen molar-refractivity contribution in [3.05, 3.63) is 63.1 Å². The molecule has 8 heteroatoms. The molecule has 4 nitrogen and oxygen atoms in total. The van der Waals surface area contributed by atoms with Crippen molar-refractivity contribution in [3.8, 4) is 0 Å². The van der Waals surface area contributed by atoms with E-state index in [2.05, 4.69) is 9.30 Å². The van der Waals surface area contributed by atoms with Crippen LogP contribution in [0.5, 0.6) is 0 Å². The standard InChI is InChI=1S/C18H17Cl3N2O2S/c1-26(24,25)22-15-8-9-23(17-7-6-14(20)10-16(17)21)18(11-15)12-2-4-13(19)5-3-12/h2-7,10,18H,8-9,11H2,1H3/b22-15-. The van der Waals surface area contributed by atoms with E-state index in [1.54, 1.807) is 12.1 Å². The topological polar surface area (TPSA) is 49.7 Å². The van der Waals surface area contributed by atoms with Crippen LogP contribution in [0.3, 0.4) is 0 Å². The van der Waals surface area contributed by atoms with Gasteiger partial charge in [-0.2, -0.15) is 4.40 Å². The molecule has 2 aromatic rings. The Bertz CT molecular complexity index is 943. The highest BCUT2D eigenvalue weighted by atomic mass is 35.5. The van der Waals surface area contributed by atoms with Crippen molar-refractivity contribution in [1.29, 1.82) is 0 Å². The lowest BCUT2D eigenvalue weighted by atomic mass is 9.93. The number of hydrogen-bond donors (Lipinski definition) is 0. The van der Waals surface area contributed by atoms with Crippen molar-refractivity contribution in [2.24, 2.45) is 4.40 Å². The number of sulfonamides is 1. The molecule has 1 fully saturated rings. The molecule has 2 aromatic carbocycles. The van der Waals surface area contributed by atoms with Crippen LogP contribution in [0.2, 0.25) is 15.1 Å². The largest absolute Gasteiger partial charge is 0.363 e. The molecule has 1 unspecified atom stereocenters. The number of hydrogen-bond acceptors (Lipinski definition) is 3. The normalized spacial score (nSPS) is 19.8. The zero-order chi connectivity index (χ0) is 18.9. The van der Waals surface area contributed by atoms with Gasteiger partial charge in [-0.25, -0.2) is 8.42 Å². The Morgan fingerprint density at radius 2 is 1.69 bits per heavy atom. The Labute approximate surface area is 168 Å². The summed E-state index contributed by atoms with van der Waals surface area (Å²) < 4.78 is 27.1. The Kier molecular flexibility index (Phi) is 5.82. The maximum Gasteiger partial charge on any atom is 0.250 e. The van der Waals surface area contributed by atoms with E-state index in [1.807, 2.05) is 30.3 Å². The monoisotopic (exact) mass is 430 g/mol. The summed E-state index contributed by atoms with van der Waals surface area (Å²) in [5, 5.41) is 1.77. The summed E-state index contributed by atoms with van der Waals surface area (Å²) >= 11 is 18.4. The van der Waals surface area contributed by atoms with Gasteiger partial charge in [0, 0.05) is 35.1 Å². The van der Waals surface area contributed by atoms with E-state index in [-0.39, 0.29) is 6.04 Å². The van der Waals surface area contributed by atoms with Gasteiger partial charge in [-0.1, -0.05) is 46.9 Å². The molecule has 26 heavy (non-hydrogen) atoms. The molecule has 0 radical (unpaired) electrons. The molecular formula is C18H17Cl3N2O2S. The summed E-state index contributed by atoms with van der Waals surface area (Å²) in [4.78, 5) is 2.16. The summed E-state index contributed by atoms with van der Waals surface area (Å²) in [6.07, 6.45) is 2.16. The van der Waals surface area contributed by atoms with E-state index < -0.39 is 10.0 Å². The molecule has 3 rings (SSSR count). The van der Waals surface area contributed by atoms with E-state index in [1.165, 1.54) is 0 Å². The molecule has 1 saturated heterocycles. The second-order valence-electron chi connectivity index (χ2n) is 6.20. The van der Waals surface area contributed by atoms with Crippen molar-refractivity contribution in [2.45, 2.75) is 18.9 Å². The summed E-state index contributed by atoms with van der Waals surface area (Å²) in [7, 11) is -3.43. The summed E-state index contributed by atoms with van der Waals surface area (Å²) in [6, 6.07) is 12.8. The van der Waals surface area contributed by atoms with E-state index in [9.17, 15) is 8.42 Å². The Morgan fingerprint density at radius 1 is 1.04 bits per heavy atom. The van der Waals surface area contributed by atoms with Gasteiger partial charge < -0.3 is 4.90 Å². The highest BCUT2D eigenvalue weighted by Crippen LogP contribution is 2.39. The molecule has 0 bridgehead atoms. The fraction of sp³-hybridized carbons (Fsp3) is 0.278. The molecule has 0 aliphatic carbocycles. The van der Waals surface area contributed by atoms with Gasteiger partial charge >= 0.3 is 0 Å². The first kappa shape index (κ1) is 19.5. The molecule has 1 atom stereocenters. The van der Waals surface area contributed by atoms with Gasteiger partial charge in [-0.3, -0.25) is 0 Å². The van der Waals surface area contributed by atoms with Gasteiger partial charge in [0.15, 0.2) is 0 Å². The molecule has 1 heterocycles. The third-order valence-electron chi connectivity index (χ3n) is 4.22. The van der Waals surface area contributed by atoms with Crippen LogP contribution < -0.4 is 4.90 Å². The molecule has 0 amide bonds. The number of rotatable bonds is 3. The quantitative estimate of drug-likeness (QED) is 0.654. The van der Waals surface area contributed by atoms with Crippen molar-refractivity contribution in [3.63, 3.8) is 0 Å². The van der Waals surface area contributed by atoms with E-state index in [0.717, 1.165) is 17.5 Å². The molecule has 1 aliphatic rings. The summed E-state index contributed by atoms with van der Waals surface area (Å²) in [5.41, 5.74) is 2.53. The Balaban J connectivity index is 2.02. The van der Waals surface area contributed by atoms with Gasteiger partial charge in [-0.15, -0.1) is 0 Å². The van der Waals surface area contributed by atoms with Crippen molar-refractivity contribution < 1.29 is 8.42 Å². The number of halogens is 3. The zero-order valence-electron chi connectivity index (χ0n) is 14.0. The van der Waals surface area contributed by atoms with Crippen LogP contribution in [0.25, 0.3) is 0 Å². The van der Waals surface area contributed by atoms with Gasteiger partial charge in [0.1, 0.15) is 0 Å². The minimum absolute atomic E-state index is 0.0970. The van der Waals surface area contributed by atoms with Crippen molar-refractivity contribution >= 4 is 56.2 Å². The third-order valence-corrected chi connectivity index (χ3v) is 5.59. The van der Waals surface area contributed by atoms with Crippen LogP contribution in [0.4, 0.5) is 5.69 Å². The average Bonchev–Trinajstić information content (AvgIpc) is 2.55. The summed E-state index contributed by atoms with van der Waals surface area (Å²) in [5.74, 6) is 0. The summed E-state index contributed by atoms with van der Waals surface area (Å²) in [6.45, 7) is 0.600. The molecular weight excluding hydrogens is 415 g/mol. The molecule has 1 aliphatic heterocycles. The Hall–Kier alpha value is -1.27. The van der Waals surface area contributed by atoms with Crippen LogP contribution in [-0.2, 0) is 10.0 Å². The maximum absolute atomic E-state index is 11.6. The number of nitrogens with zero attached hydrogens (tertiary/aromatic N) is 2. The molecule has 138 valence electrons. The fourth-order valence-electron chi connectivity index (χ4n) is 3.14. The smallest absolute Gasteiger partial charge is 0.250 e. The van der Waals surface area contributed by atoms with Crippen LogP contribution in [0.15, 0.2) is 46.9 Å².